The lowest BCUT2D eigenvalue weighted by atomic mass is 10.1. The molecular weight excluding hydrogens is 316 g/mol. The van der Waals surface area contributed by atoms with Gasteiger partial charge in [-0.05, 0) is 6.07 Å². The second-order valence-electron chi connectivity index (χ2n) is 4.97. The smallest absolute Gasteiger partial charge is 0.204 e. The number of benzene rings is 2. The summed E-state index contributed by atoms with van der Waals surface area (Å²) in [5, 5.41) is 10.6. The van der Waals surface area contributed by atoms with E-state index in [2.05, 4.69) is 0 Å². The number of phenolic OH excluding ortho intramolecular Hbond substituents is 1. The van der Waals surface area contributed by atoms with E-state index >= 15 is 0 Å². The van der Waals surface area contributed by atoms with E-state index in [0.29, 0.717) is 11.5 Å². The topological polar surface area (TPSA) is 87.4 Å². The van der Waals surface area contributed by atoms with Crippen molar-refractivity contribution in [3.8, 4) is 28.7 Å². The number of hydrogen-bond donors (Lipinski definition) is 1. The minimum Gasteiger partial charge on any atom is -0.504 e. The maximum absolute atomic E-state index is 12.9. The van der Waals surface area contributed by atoms with E-state index in [4.69, 9.17) is 23.4 Å². The summed E-state index contributed by atoms with van der Waals surface area (Å²) in [6.45, 7) is 0. The maximum atomic E-state index is 12.9. The Labute approximate surface area is 136 Å². The molecule has 0 atom stereocenters. The largest absolute Gasteiger partial charge is 0.504 e. The van der Waals surface area contributed by atoms with Crippen LogP contribution in [0, 0.1) is 0 Å². The number of methoxy groups -OCH3 is 4. The summed E-state index contributed by atoms with van der Waals surface area (Å²) < 4.78 is 26.5. The van der Waals surface area contributed by atoms with E-state index in [1.807, 2.05) is 0 Å². The molecule has 0 aliphatic carbocycles. The first-order chi connectivity index (χ1) is 11.5. The van der Waals surface area contributed by atoms with Gasteiger partial charge in [0.1, 0.15) is 16.7 Å². The van der Waals surface area contributed by atoms with Crippen molar-refractivity contribution >= 4 is 21.9 Å². The fourth-order valence-corrected chi connectivity index (χ4v) is 2.62. The fraction of sp³-hybridized carbons (Fsp3) is 0.235. The van der Waals surface area contributed by atoms with Crippen LogP contribution in [0.1, 0.15) is 0 Å². The predicted octanol–water partition coefficient (Wildman–Crippen LogP) is 2.69. The molecule has 0 amide bonds. The zero-order chi connectivity index (χ0) is 17.4. The molecule has 0 spiro atoms. The van der Waals surface area contributed by atoms with Crippen LogP contribution < -0.4 is 24.4 Å². The van der Waals surface area contributed by atoms with Gasteiger partial charge in [0, 0.05) is 12.1 Å². The summed E-state index contributed by atoms with van der Waals surface area (Å²) in [4.78, 5) is 12.9. The van der Waals surface area contributed by atoms with E-state index in [1.54, 1.807) is 6.07 Å². The highest BCUT2D eigenvalue weighted by atomic mass is 16.5. The van der Waals surface area contributed by atoms with E-state index in [9.17, 15) is 9.90 Å². The van der Waals surface area contributed by atoms with Crippen LogP contribution in [0.15, 0.2) is 27.4 Å². The SMILES string of the molecule is COc1cc(OC)c2oc3cc(OC)c(OC)c(O)c3c(=O)c2c1. The molecule has 0 bridgehead atoms. The Balaban J connectivity index is 2.54. The molecule has 0 aliphatic rings. The van der Waals surface area contributed by atoms with Crippen molar-refractivity contribution in [2.45, 2.75) is 0 Å². The van der Waals surface area contributed by atoms with Crippen molar-refractivity contribution in [2.75, 3.05) is 28.4 Å². The highest BCUT2D eigenvalue weighted by Crippen LogP contribution is 2.43. The van der Waals surface area contributed by atoms with Crippen molar-refractivity contribution in [1.82, 2.24) is 0 Å². The first-order valence-corrected chi connectivity index (χ1v) is 7.02. The minimum atomic E-state index is -0.429. The van der Waals surface area contributed by atoms with Gasteiger partial charge in [-0.3, -0.25) is 4.79 Å². The number of hydrogen-bond acceptors (Lipinski definition) is 7. The quantitative estimate of drug-likeness (QED) is 0.735. The molecule has 24 heavy (non-hydrogen) atoms. The Kier molecular flexibility index (Phi) is 3.84. The first-order valence-electron chi connectivity index (χ1n) is 7.02. The molecule has 126 valence electrons. The molecule has 1 N–H and O–H groups in total. The Morgan fingerprint density at radius 1 is 0.917 bits per heavy atom. The average molecular weight is 332 g/mol. The summed E-state index contributed by atoms with van der Waals surface area (Å²) >= 11 is 0. The highest BCUT2D eigenvalue weighted by Gasteiger charge is 2.21. The van der Waals surface area contributed by atoms with E-state index in [1.165, 1.54) is 40.6 Å². The Morgan fingerprint density at radius 2 is 1.62 bits per heavy atom. The second kappa shape index (κ2) is 5.84. The van der Waals surface area contributed by atoms with Gasteiger partial charge in [0.25, 0.3) is 0 Å². The van der Waals surface area contributed by atoms with Crippen molar-refractivity contribution in [3.05, 3.63) is 28.4 Å². The summed E-state index contributed by atoms with van der Waals surface area (Å²) in [5.74, 6) is 0.747. The predicted molar refractivity (Wildman–Crippen MR) is 87.9 cm³/mol. The molecule has 7 nitrogen and oxygen atoms in total. The van der Waals surface area contributed by atoms with Crippen LogP contribution in [-0.2, 0) is 0 Å². The van der Waals surface area contributed by atoms with Crippen molar-refractivity contribution in [3.63, 3.8) is 0 Å². The number of aromatic hydroxyl groups is 1. The lowest BCUT2D eigenvalue weighted by Crippen LogP contribution is -2.05. The molecule has 0 fully saturated rings. The van der Waals surface area contributed by atoms with Crippen LogP contribution in [-0.4, -0.2) is 33.5 Å². The molecule has 1 heterocycles. The lowest BCUT2D eigenvalue weighted by Gasteiger charge is -2.13. The molecule has 7 heteroatoms. The zero-order valence-corrected chi connectivity index (χ0v) is 13.6. The van der Waals surface area contributed by atoms with Crippen LogP contribution in [0.2, 0.25) is 0 Å². The maximum Gasteiger partial charge on any atom is 0.204 e. The lowest BCUT2D eigenvalue weighted by molar-refractivity contribution is 0.334. The molecular formula is C17H16O7. The van der Waals surface area contributed by atoms with Gasteiger partial charge >= 0.3 is 0 Å². The van der Waals surface area contributed by atoms with Gasteiger partial charge in [-0.1, -0.05) is 0 Å². The Hall–Kier alpha value is -3.09. The monoisotopic (exact) mass is 332 g/mol. The average Bonchev–Trinajstić information content (AvgIpc) is 2.60. The molecule has 2 aromatic carbocycles. The summed E-state index contributed by atoms with van der Waals surface area (Å²) in [6.07, 6.45) is 0. The first kappa shape index (κ1) is 15.8. The van der Waals surface area contributed by atoms with Gasteiger partial charge in [-0.25, -0.2) is 0 Å². The number of fused-ring (bicyclic) bond motifs is 2. The van der Waals surface area contributed by atoms with Gasteiger partial charge in [-0.15, -0.1) is 0 Å². The molecule has 3 aromatic rings. The third kappa shape index (κ3) is 2.17. The summed E-state index contributed by atoms with van der Waals surface area (Å²) in [6, 6.07) is 4.62. The van der Waals surface area contributed by atoms with Gasteiger partial charge < -0.3 is 28.5 Å². The van der Waals surface area contributed by atoms with Gasteiger partial charge in [0.15, 0.2) is 22.8 Å². The molecule has 0 unspecified atom stereocenters. The Bertz CT molecular complexity index is 988. The zero-order valence-electron chi connectivity index (χ0n) is 13.6. The number of rotatable bonds is 4. The van der Waals surface area contributed by atoms with Gasteiger partial charge in [0.2, 0.25) is 11.2 Å². The van der Waals surface area contributed by atoms with Crippen LogP contribution in [0.3, 0.4) is 0 Å². The molecule has 1 aromatic heterocycles. The van der Waals surface area contributed by atoms with Gasteiger partial charge in [-0.2, -0.15) is 0 Å². The van der Waals surface area contributed by atoms with E-state index in [0.717, 1.165) is 0 Å². The standard InChI is InChI=1S/C17H16O7/c1-20-8-5-9-14(18)13-10(24-16(9)11(6-8)21-2)7-12(22-3)17(23-4)15(13)19/h5-7,19H,1-4H3. The summed E-state index contributed by atoms with van der Waals surface area (Å²) in [5.41, 5.74) is -0.0181. The number of phenols is 1. The number of ether oxygens (including phenoxy) is 4. The highest BCUT2D eigenvalue weighted by molar-refractivity contribution is 5.98. The van der Waals surface area contributed by atoms with Gasteiger partial charge in [0.05, 0.1) is 33.8 Å². The van der Waals surface area contributed by atoms with Crippen LogP contribution >= 0.6 is 0 Å². The molecule has 0 saturated carbocycles. The van der Waals surface area contributed by atoms with Crippen LogP contribution in [0.4, 0.5) is 0 Å². The van der Waals surface area contributed by atoms with E-state index in [-0.39, 0.29) is 39.2 Å². The summed E-state index contributed by atoms with van der Waals surface area (Å²) in [7, 11) is 5.74. The second-order valence-corrected chi connectivity index (χ2v) is 4.97. The van der Waals surface area contributed by atoms with E-state index < -0.39 is 5.43 Å². The third-order valence-electron chi connectivity index (χ3n) is 3.78. The molecule has 3 rings (SSSR count). The van der Waals surface area contributed by atoms with Crippen LogP contribution in [0.25, 0.3) is 21.9 Å². The Morgan fingerprint density at radius 3 is 2.21 bits per heavy atom. The molecule has 0 aliphatic heterocycles. The van der Waals surface area contributed by atoms with Crippen molar-refractivity contribution in [2.24, 2.45) is 0 Å². The molecule has 0 saturated heterocycles. The van der Waals surface area contributed by atoms with Crippen LogP contribution in [0.5, 0.6) is 28.7 Å². The van der Waals surface area contributed by atoms with Crippen molar-refractivity contribution in [1.29, 1.82) is 0 Å². The van der Waals surface area contributed by atoms with Crippen molar-refractivity contribution < 1.29 is 28.5 Å². The fourth-order valence-electron chi connectivity index (χ4n) is 2.62. The third-order valence-corrected chi connectivity index (χ3v) is 3.78. The normalized spacial score (nSPS) is 10.8. The minimum absolute atomic E-state index is 0.00421. The molecule has 0 radical (unpaired) electrons.